The van der Waals surface area contributed by atoms with Gasteiger partial charge in [0.05, 0.1) is 5.92 Å². The van der Waals surface area contributed by atoms with Crippen LogP contribution in [-0.2, 0) is 14.4 Å². The highest BCUT2D eigenvalue weighted by atomic mass is 16.4. The first kappa shape index (κ1) is 13.7. The first-order chi connectivity index (χ1) is 8.90. The maximum atomic E-state index is 12.2. The number of rotatable bonds is 4. The number of carboxylic acids is 1. The first-order valence-corrected chi connectivity index (χ1v) is 6.59. The molecule has 0 aromatic carbocycles. The van der Waals surface area contributed by atoms with E-state index < -0.39 is 11.9 Å². The van der Waals surface area contributed by atoms with Crippen LogP contribution >= 0.6 is 0 Å². The van der Waals surface area contributed by atoms with Crippen LogP contribution in [0.15, 0.2) is 23.8 Å². The summed E-state index contributed by atoms with van der Waals surface area (Å²) in [5, 5.41) is 8.78. The highest BCUT2D eigenvalue weighted by molar-refractivity contribution is 6.07. The third-order valence-corrected chi connectivity index (χ3v) is 4.11. The van der Waals surface area contributed by atoms with Gasteiger partial charge < -0.3 is 5.11 Å². The fourth-order valence-corrected chi connectivity index (χ4v) is 2.89. The SMILES string of the molecule is C=C1CC[C@@H]2C[C@H]1C(=O)/C2=C/C(=O)C[C@H](C)C(=O)O. The van der Waals surface area contributed by atoms with Crippen LogP contribution in [0.3, 0.4) is 0 Å². The molecular formula is C15H18O4. The molecule has 1 N–H and O–H groups in total. The van der Waals surface area contributed by atoms with Gasteiger partial charge in [-0.3, -0.25) is 14.4 Å². The number of carbonyl (C=O) groups is 3. The van der Waals surface area contributed by atoms with Crippen LogP contribution in [0, 0.1) is 17.8 Å². The number of allylic oxidation sites excluding steroid dienone is 3. The molecule has 102 valence electrons. The molecule has 0 spiro atoms. The lowest BCUT2D eigenvalue weighted by molar-refractivity contribution is -0.142. The Morgan fingerprint density at radius 1 is 1.53 bits per heavy atom. The van der Waals surface area contributed by atoms with E-state index in [1.54, 1.807) is 0 Å². The van der Waals surface area contributed by atoms with E-state index >= 15 is 0 Å². The van der Waals surface area contributed by atoms with Gasteiger partial charge in [0.15, 0.2) is 11.6 Å². The molecule has 0 aliphatic heterocycles. The van der Waals surface area contributed by atoms with Crippen molar-refractivity contribution in [2.75, 3.05) is 0 Å². The molecule has 2 aliphatic carbocycles. The van der Waals surface area contributed by atoms with Gasteiger partial charge >= 0.3 is 5.97 Å². The molecule has 4 nitrogen and oxygen atoms in total. The van der Waals surface area contributed by atoms with Crippen molar-refractivity contribution < 1.29 is 19.5 Å². The number of Topliss-reactive ketones (excluding diaryl/α,β-unsaturated/α-hetero) is 1. The van der Waals surface area contributed by atoms with Crippen molar-refractivity contribution in [3.8, 4) is 0 Å². The Morgan fingerprint density at radius 3 is 2.79 bits per heavy atom. The number of carbonyl (C=O) groups excluding carboxylic acids is 2. The summed E-state index contributed by atoms with van der Waals surface area (Å²) in [7, 11) is 0. The second-order valence-corrected chi connectivity index (χ2v) is 5.56. The molecule has 2 rings (SSSR count). The van der Waals surface area contributed by atoms with Gasteiger partial charge in [-0.05, 0) is 31.3 Å². The third kappa shape index (κ3) is 2.67. The standard InChI is InChI=1S/C15H18O4/c1-8-3-4-10-6-12(8)14(17)13(10)7-11(16)5-9(2)15(18)19/h7,9-10,12H,1,3-6H2,2H3,(H,18,19)/b13-7+/t9-,10+,12+/m0/s1. The Morgan fingerprint density at radius 2 is 2.21 bits per heavy atom. The molecule has 0 unspecified atom stereocenters. The summed E-state index contributed by atoms with van der Waals surface area (Å²) >= 11 is 0. The summed E-state index contributed by atoms with van der Waals surface area (Å²) in [6.45, 7) is 5.41. The summed E-state index contributed by atoms with van der Waals surface area (Å²) in [5.74, 6) is -1.91. The van der Waals surface area contributed by atoms with Crippen LogP contribution in [0.1, 0.15) is 32.6 Å². The minimum Gasteiger partial charge on any atom is -0.481 e. The van der Waals surface area contributed by atoms with Gasteiger partial charge in [-0.2, -0.15) is 0 Å². The average molecular weight is 262 g/mol. The molecule has 19 heavy (non-hydrogen) atoms. The van der Waals surface area contributed by atoms with Crippen molar-refractivity contribution in [3.05, 3.63) is 23.8 Å². The van der Waals surface area contributed by atoms with E-state index in [1.807, 2.05) is 0 Å². The summed E-state index contributed by atoms with van der Waals surface area (Å²) in [4.78, 5) is 34.7. The van der Waals surface area contributed by atoms with Crippen LogP contribution in [0.5, 0.6) is 0 Å². The molecule has 2 aliphatic rings. The van der Waals surface area contributed by atoms with Gasteiger partial charge in [-0.1, -0.05) is 19.1 Å². The molecule has 0 saturated heterocycles. The lowest BCUT2D eigenvalue weighted by Crippen LogP contribution is -2.14. The second-order valence-electron chi connectivity index (χ2n) is 5.56. The first-order valence-electron chi connectivity index (χ1n) is 6.59. The minimum atomic E-state index is -0.989. The van der Waals surface area contributed by atoms with E-state index in [9.17, 15) is 14.4 Å². The van der Waals surface area contributed by atoms with Crippen LogP contribution in [0.2, 0.25) is 0 Å². The normalized spacial score (nSPS) is 29.6. The molecule has 0 radical (unpaired) electrons. The quantitative estimate of drug-likeness (QED) is 0.622. The molecule has 0 amide bonds. The summed E-state index contributed by atoms with van der Waals surface area (Å²) in [6, 6.07) is 0. The van der Waals surface area contributed by atoms with Crippen molar-refractivity contribution in [2.45, 2.75) is 32.6 Å². The van der Waals surface area contributed by atoms with Crippen molar-refractivity contribution in [1.82, 2.24) is 0 Å². The summed E-state index contributed by atoms with van der Waals surface area (Å²) in [6.07, 6.45) is 3.81. The number of fused-ring (bicyclic) bond motifs is 2. The fourth-order valence-electron chi connectivity index (χ4n) is 2.89. The molecule has 0 heterocycles. The van der Waals surface area contributed by atoms with Gasteiger partial charge in [0, 0.05) is 17.9 Å². The number of ketones is 2. The highest BCUT2D eigenvalue weighted by Crippen LogP contribution is 2.45. The van der Waals surface area contributed by atoms with Crippen molar-refractivity contribution in [3.63, 3.8) is 0 Å². The lowest BCUT2D eigenvalue weighted by atomic mass is 9.85. The van der Waals surface area contributed by atoms with E-state index in [-0.39, 0.29) is 29.8 Å². The topological polar surface area (TPSA) is 71.4 Å². The van der Waals surface area contributed by atoms with E-state index in [2.05, 4.69) is 6.58 Å². The van der Waals surface area contributed by atoms with Crippen molar-refractivity contribution >= 4 is 17.5 Å². The van der Waals surface area contributed by atoms with Crippen molar-refractivity contribution in [1.29, 1.82) is 0 Å². The van der Waals surface area contributed by atoms with Gasteiger partial charge in [0.1, 0.15) is 0 Å². The number of hydrogen-bond acceptors (Lipinski definition) is 3. The number of carboxylic acid groups (broad SMARTS) is 1. The Kier molecular flexibility index (Phi) is 3.69. The molecule has 0 aromatic heterocycles. The highest BCUT2D eigenvalue weighted by Gasteiger charge is 2.42. The van der Waals surface area contributed by atoms with Gasteiger partial charge in [0.2, 0.25) is 0 Å². The van der Waals surface area contributed by atoms with Crippen molar-refractivity contribution in [2.24, 2.45) is 17.8 Å². The van der Waals surface area contributed by atoms with Gasteiger partial charge in [0.25, 0.3) is 0 Å². The monoisotopic (exact) mass is 262 g/mol. The average Bonchev–Trinajstić information content (AvgIpc) is 2.59. The molecule has 2 fully saturated rings. The summed E-state index contributed by atoms with van der Waals surface area (Å²) < 4.78 is 0. The largest absolute Gasteiger partial charge is 0.481 e. The Balaban J connectivity index is 2.11. The van der Waals surface area contributed by atoms with E-state index in [0.29, 0.717) is 5.57 Å². The predicted molar refractivity (Wildman–Crippen MR) is 69.5 cm³/mol. The zero-order valence-corrected chi connectivity index (χ0v) is 11.0. The van der Waals surface area contributed by atoms with Crippen LogP contribution < -0.4 is 0 Å². The van der Waals surface area contributed by atoms with Gasteiger partial charge in [-0.15, -0.1) is 0 Å². The Bertz CT molecular complexity index is 486. The minimum absolute atomic E-state index is 0.0174. The maximum Gasteiger partial charge on any atom is 0.306 e. The summed E-state index contributed by atoms with van der Waals surface area (Å²) in [5.41, 5.74) is 1.56. The molecule has 2 bridgehead atoms. The van der Waals surface area contributed by atoms with Gasteiger partial charge in [-0.25, -0.2) is 0 Å². The lowest BCUT2D eigenvalue weighted by Gasteiger charge is -2.18. The smallest absolute Gasteiger partial charge is 0.306 e. The van der Waals surface area contributed by atoms with E-state index in [4.69, 9.17) is 5.11 Å². The number of hydrogen-bond donors (Lipinski definition) is 1. The van der Waals surface area contributed by atoms with Crippen LogP contribution in [0.4, 0.5) is 0 Å². The predicted octanol–water partition coefficient (Wildman–Crippen LogP) is 2.15. The van der Waals surface area contributed by atoms with Crippen LogP contribution in [0.25, 0.3) is 0 Å². The molecule has 3 atom stereocenters. The molecule has 2 saturated carbocycles. The van der Waals surface area contributed by atoms with E-state index in [1.165, 1.54) is 13.0 Å². The number of aliphatic carboxylic acids is 1. The fraction of sp³-hybridized carbons (Fsp3) is 0.533. The zero-order valence-electron chi connectivity index (χ0n) is 11.0. The third-order valence-electron chi connectivity index (χ3n) is 4.11. The maximum absolute atomic E-state index is 12.2. The Labute approximate surface area is 112 Å². The van der Waals surface area contributed by atoms with E-state index in [0.717, 1.165) is 24.8 Å². The molecule has 4 heteroatoms. The Hall–Kier alpha value is -1.71. The second kappa shape index (κ2) is 5.11. The van der Waals surface area contributed by atoms with Crippen LogP contribution in [-0.4, -0.2) is 22.6 Å². The molecule has 0 aromatic rings. The zero-order chi connectivity index (χ0) is 14.2. The molecular weight excluding hydrogens is 244 g/mol.